The Kier molecular flexibility index (Phi) is 3.32. The molecule has 0 aliphatic carbocycles. The molecule has 0 spiro atoms. The number of H-pyrrole nitrogens is 1. The zero-order valence-electron chi connectivity index (χ0n) is 13.3. The number of nitrogens with zero attached hydrogens (tertiary/aromatic N) is 4. The van der Waals surface area contributed by atoms with Crippen LogP contribution >= 0.6 is 0 Å². The van der Waals surface area contributed by atoms with Crippen molar-refractivity contribution in [2.24, 2.45) is 7.05 Å². The van der Waals surface area contributed by atoms with Gasteiger partial charge in [0.2, 0.25) is 5.82 Å². The fraction of sp³-hybridized carbons (Fsp3) is 0.333. The number of nitrogens with one attached hydrogen (secondary N) is 1. The van der Waals surface area contributed by atoms with Crippen molar-refractivity contribution in [2.75, 3.05) is 0 Å². The maximum Gasteiger partial charge on any atom is 0.328 e. The predicted octanol–water partition coefficient (Wildman–Crippen LogP) is 1.35. The van der Waals surface area contributed by atoms with Crippen LogP contribution in [0.2, 0.25) is 0 Å². The summed E-state index contributed by atoms with van der Waals surface area (Å²) in [6.45, 7) is 5.85. The summed E-state index contributed by atoms with van der Waals surface area (Å²) in [5.41, 5.74) is -1.12. The Bertz CT molecular complexity index is 954. The van der Waals surface area contributed by atoms with Crippen LogP contribution in [0.3, 0.4) is 0 Å². The van der Waals surface area contributed by atoms with E-state index >= 15 is 0 Å². The summed E-state index contributed by atoms with van der Waals surface area (Å²) in [5, 5.41) is 4.47. The minimum Gasteiger partial charge on any atom is -0.461 e. The van der Waals surface area contributed by atoms with Gasteiger partial charge in [0.25, 0.3) is 5.56 Å². The Morgan fingerprint density at radius 3 is 2.61 bits per heavy atom. The van der Waals surface area contributed by atoms with Crippen LogP contribution in [-0.2, 0) is 12.6 Å². The van der Waals surface area contributed by atoms with Crippen molar-refractivity contribution in [1.29, 1.82) is 0 Å². The SMILES string of the molecule is Cn1cc(-c2nc(-c3ccco3)nn2C(C)(C)C)c(=O)[nH]c1=O. The Labute approximate surface area is 131 Å². The molecule has 0 saturated heterocycles. The van der Waals surface area contributed by atoms with Gasteiger partial charge in [-0.1, -0.05) is 0 Å². The van der Waals surface area contributed by atoms with Crippen molar-refractivity contribution in [2.45, 2.75) is 26.3 Å². The molecule has 0 amide bonds. The lowest BCUT2D eigenvalue weighted by Crippen LogP contribution is -2.31. The van der Waals surface area contributed by atoms with Crippen LogP contribution in [0.4, 0.5) is 0 Å². The van der Waals surface area contributed by atoms with Crippen LogP contribution in [0.25, 0.3) is 23.0 Å². The average Bonchev–Trinajstić information content (AvgIpc) is 3.10. The third kappa shape index (κ3) is 2.63. The lowest BCUT2D eigenvalue weighted by molar-refractivity contribution is 0.359. The molecule has 8 heteroatoms. The highest BCUT2D eigenvalue weighted by molar-refractivity contribution is 5.57. The molecule has 3 rings (SSSR count). The number of aryl methyl sites for hydroxylation is 1. The third-order valence-corrected chi connectivity index (χ3v) is 3.33. The molecule has 0 bridgehead atoms. The topological polar surface area (TPSA) is 98.7 Å². The molecule has 120 valence electrons. The molecule has 1 N–H and O–H groups in total. The molecule has 0 radical (unpaired) electrons. The van der Waals surface area contributed by atoms with Crippen LogP contribution in [-0.4, -0.2) is 24.3 Å². The molecule has 23 heavy (non-hydrogen) atoms. The lowest BCUT2D eigenvalue weighted by Gasteiger charge is -2.20. The zero-order chi connectivity index (χ0) is 16.8. The van der Waals surface area contributed by atoms with E-state index in [1.807, 2.05) is 20.8 Å². The molecule has 0 aliphatic heterocycles. The Morgan fingerprint density at radius 2 is 2.00 bits per heavy atom. The maximum absolute atomic E-state index is 12.2. The minimum atomic E-state index is -0.503. The van der Waals surface area contributed by atoms with Gasteiger partial charge >= 0.3 is 5.69 Å². The molecular weight excluding hydrogens is 298 g/mol. The first kappa shape index (κ1) is 15.0. The number of rotatable bonds is 2. The van der Waals surface area contributed by atoms with E-state index in [4.69, 9.17) is 4.42 Å². The number of furan rings is 1. The highest BCUT2D eigenvalue weighted by Gasteiger charge is 2.25. The van der Waals surface area contributed by atoms with E-state index in [1.54, 1.807) is 23.9 Å². The van der Waals surface area contributed by atoms with Crippen LogP contribution < -0.4 is 11.2 Å². The smallest absolute Gasteiger partial charge is 0.328 e. The van der Waals surface area contributed by atoms with Crippen LogP contribution in [0.5, 0.6) is 0 Å². The summed E-state index contributed by atoms with van der Waals surface area (Å²) in [6, 6.07) is 3.49. The maximum atomic E-state index is 12.2. The average molecular weight is 315 g/mol. The summed E-state index contributed by atoms with van der Waals surface area (Å²) < 4.78 is 8.28. The van der Waals surface area contributed by atoms with E-state index in [1.165, 1.54) is 17.0 Å². The van der Waals surface area contributed by atoms with Crippen molar-refractivity contribution in [3.8, 4) is 23.0 Å². The zero-order valence-corrected chi connectivity index (χ0v) is 13.3. The summed E-state index contributed by atoms with van der Waals surface area (Å²) in [4.78, 5) is 30.5. The highest BCUT2D eigenvalue weighted by Crippen LogP contribution is 2.25. The van der Waals surface area contributed by atoms with Gasteiger partial charge in [0, 0.05) is 13.2 Å². The van der Waals surface area contributed by atoms with Crippen LogP contribution in [0.15, 0.2) is 38.6 Å². The molecule has 8 nitrogen and oxygen atoms in total. The van der Waals surface area contributed by atoms with E-state index in [2.05, 4.69) is 15.1 Å². The van der Waals surface area contributed by atoms with Gasteiger partial charge in [-0.3, -0.25) is 9.78 Å². The van der Waals surface area contributed by atoms with Crippen molar-refractivity contribution >= 4 is 0 Å². The second-order valence-electron chi connectivity index (χ2n) is 6.23. The number of hydrogen-bond acceptors (Lipinski definition) is 5. The van der Waals surface area contributed by atoms with E-state index < -0.39 is 16.8 Å². The lowest BCUT2D eigenvalue weighted by atomic mass is 10.1. The second kappa shape index (κ2) is 5.08. The van der Waals surface area contributed by atoms with E-state index in [9.17, 15) is 9.59 Å². The summed E-state index contributed by atoms with van der Waals surface area (Å²) in [5.74, 6) is 1.27. The molecule has 0 fully saturated rings. The van der Waals surface area contributed by atoms with Crippen molar-refractivity contribution in [3.05, 3.63) is 45.4 Å². The third-order valence-electron chi connectivity index (χ3n) is 3.33. The number of aromatic amines is 1. The quantitative estimate of drug-likeness (QED) is 0.769. The monoisotopic (exact) mass is 315 g/mol. The Hall–Kier alpha value is -2.90. The van der Waals surface area contributed by atoms with E-state index in [0.717, 1.165) is 0 Å². The molecule has 3 aromatic rings. The van der Waals surface area contributed by atoms with Gasteiger partial charge in [0.05, 0.1) is 11.8 Å². The second-order valence-corrected chi connectivity index (χ2v) is 6.23. The fourth-order valence-electron chi connectivity index (χ4n) is 2.19. The van der Waals surface area contributed by atoms with Gasteiger partial charge < -0.3 is 8.98 Å². The minimum absolute atomic E-state index is 0.271. The number of hydrogen-bond donors (Lipinski definition) is 1. The molecule has 0 aromatic carbocycles. The van der Waals surface area contributed by atoms with E-state index in [0.29, 0.717) is 17.4 Å². The van der Waals surface area contributed by atoms with Gasteiger partial charge in [-0.25, -0.2) is 14.5 Å². The Morgan fingerprint density at radius 1 is 1.26 bits per heavy atom. The van der Waals surface area contributed by atoms with Gasteiger partial charge in [0.1, 0.15) is 5.56 Å². The first-order valence-corrected chi connectivity index (χ1v) is 7.09. The largest absolute Gasteiger partial charge is 0.461 e. The highest BCUT2D eigenvalue weighted by atomic mass is 16.3. The number of aromatic nitrogens is 5. The van der Waals surface area contributed by atoms with Crippen LogP contribution in [0, 0.1) is 0 Å². The predicted molar refractivity (Wildman–Crippen MR) is 84.0 cm³/mol. The van der Waals surface area contributed by atoms with Gasteiger partial charge in [0.15, 0.2) is 11.6 Å². The normalized spacial score (nSPS) is 11.8. The summed E-state index contributed by atoms with van der Waals surface area (Å²) in [6.07, 6.45) is 2.99. The van der Waals surface area contributed by atoms with Crippen molar-refractivity contribution in [3.63, 3.8) is 0 Å². The fourth-order valence-corrected chi connectivity index (χ4v) is 2.19. The standard InChI is InChI=1S/C15H17N5O3/c1-15(2,3)20-12(9-8-19(4)14(22)17-13(9)21)16-11(18-20)10-6-5-7-23-10/h5-8H,1-4H3,(H,17,21,22). The first-order valence-electron chi connectivity index (χ1n) is 7.09. The van der Waals surface area contributed by atoms with Crippen molar-refractivity contribution in [1.82, 2.24) is 24.3 Å². The molecule has 3 heterocycles. The molecule has 0 atom stereocenters. The van der Waals surface area contributed by atoms with Gasteiger partial charge in [-0.2, -0.15) is 0 Å². The summed E-state index contributed by atoms with van der Waals surface area (Å²) in [7, 11) is 1.56. The Balaban J connectivity index is 2.29. The molecule has 0 saturated carbocycles. The first-order chi connectivity index (χ1) is 10.8. The van der Waals surface area contributed by atoms with E-state index in [-0.39, 0.29) is 5.56 Å². The molecule has 0 unspecified atom stereocenters. The molecule has 3 aromatic heterocycles. The molecule has 0 aliphatic rings. The summed E-state index contributed by atoms with van der Waals surface area (Å²) >= 11 is 0. The van der Waals surface area contributed by atoms with Crippen LogP contribution in [0.1, 0.15) is 20.8 Å². The van der Waals surface area contributed by atoms with Gasteiger partial charge in [-0.15, -0.1) is 5.10 Å². The molecular formula is C15H17N5O3. The van der Waals surface area contributed by atoms with Crippen molar-refractivity contribution < 1.29 is 4.42 Å². The van der Waals surface area contributed by atoms with Gasteiger partial charge in [-0.05, 0) is 32.9 Å².